The van der Waals surface area contributed by atoms with E-state index in [0.29, 0.717) is 13.0 Å². The lowest BCUT2D eigenvalue weighted by molar-refractivity contribution is -0.137. The van der Waals surface area contributed by atoms with Crippen molar-refractivity contribution in [3.63, 3.8) is 0 Å². The quantitative estimate of drug-likeness (QED) is 0.617. The number of rotatable bonds is 10. The maximum absolute atomic E-state index is 10.7. The summed E-state index contributed by atoms with van der Waals surface area (Å²) in [4.78, 5) is 10.7. The third-order valence-corrected chi connectivity index (χ3v) is 3.24. The normalized spacial score (nSPS) is 13.7. The van der Waals surface area contributed by atoms with Gasteiger partial charge >= 0.3 is 5.97 Å². The van der Waals surface area contributed by atoms with Crippen LogP contribution in [0, 0.1) is 0 Å². The first-order valence-corrected chi connectivity index (χ1v) is 7.44. The van der Waals surface area contributed by atoms with Gasteiger partial charge in [0.05, 0.1) is 12.7 Å². The van der Waals surface area contributed by atoms with Crippen LogP contribution in [0.3, 0.4) is 0 Å². The van der Waals surface area contributed by atoms with E-state index in [1.807, 2.05) is 38.1 Å². The van der Waals surface area contributed by atoms with Crippen LogP contribution < -0.4 is 10.1 Å². The highest BCUT2D eigenvalue weighted by Gasteiger charge is 2.21. The van der Waals surface area contributed by atoms with Crippen LogP contribution in [0.4, 0.5) is 0 Å². The smallest absolute Gasteiger partial charge is 0.303 e. The van der Waals surface area contributed by atoms with Crippen LogP contribution in [0.5, 0.6) is 5.75 Å². The van der Waals surface area contributed by atoms with Crippen molar-refractivity contribution in [2.75, 3.05) is 13.2 Å². The first kappa shape index (κ1) is 17.5. The van der Waals surface area contributed by atoms with E-state index in [-0.39, 0.29) is 12.5 Å². The highest BCUT2D eigenvalue weighted by molar-refractivity contribution is 5.66. The van der Waals surface area contributed by atoms with Gasteiger partial charge in [-0.15, -0.1) is 0 Å². The van der Waals surface area contributed by atoms with Crippen molar-refractivity contribution in [2.45, 2.75) is 45.3 Å². The molecule has 0 saturated heterocycles. The predicted octanol–water partition coefficient (Wildman–Crippen LogP) is 2.35. The molecule has 0 saturated carbocycles. The zero-order valence-corrected chi connectivity index (χ0v) is 12.7. The van der Waals surface area contributed by atoms with Gasteiger partial charge in [0.1, 0.15) is 5.75 Å². The van der Waals surface area contributed by atoms with E-state index in [1.165, 1.54) is 0 Å². The summed E-state index contributed by atoms with van der Waals surface area (Å²) in [5.74, 6) is -0.0887. The van der Waals surface area contributed by atoms with Crippen molar-refractivity contribution >= 4 is 5.97 Å². The van der Waals surface area contributed by atoms with Gasteiger partial charge in [0.2, 0.25) is 0 Å². The average molecular weight is 295 g/mol. The molecular formula is C16H25NO4. The summed E-state index contributed by atoms with van der Waals surface area (Å²) in [5.41, 5.74) is 0.762. The highest BCUT2D eigenvalue weighted by atomic mass is 16.5. The molecule has 2 atom stereocenters. The molecule has 0 fully saturated rings. The van der Waals surface area contributed by atoms with Crippen LogP contribution in [0.25, 0.3) is 0 Å². The van der Waals surface area contributed by atoms with Gasteiger partial charge in [-0.2, -0.15) is 0 Å². The van der Waals surface area contributed by atoms with Crippen molar-refractivity contribution < 1.29 is 19.7 Å². The van der Waals surface area contributed by atoms with Crippen molar-refractivity contribution in [2.24, 2.45) is 0 Å². The molecule has 0 aliphatic carbocycles. The molecular weight excluding hydrogens is 270 g/mol. The molecule has 0 aromatic heterocycles. The second-order valence-electron chi connectivity index (χ2n) is 4.94. The van der Waals surface area contributed by atoms with Crippen molar-refractivity contribution in [3.8, 4) is 5.75 Å². The fourth-order valence-electron chi connectivity index (χ4n) is 2.14. The Morgan fingerprint density at radius 3 is 2.48 bits per heavy atom. The molecule has 0 aliphatic rings. The summed E-state index contributed by atoms with van der Waals surface area (Å²) >= 11 is 0. The van der Waals surface area contributed by atoms with Gasteiger partial charge in [0.25, 0.3) is 0 Å². The van der Waals surface area contributed by atoms with Crippen LogP contribution in [0.15, 0.2) is 24.3 Å². The Balaban J connectivity index is 2.72. The fourth-order valence-corrected chi connectivity index (χ4v) is 2.14. The summed E-state index contributed by atoms with van der Waals surface area (Å²) in [6, 6.07) is 7.00. The summed E-state index contributed by atoms with van der Waals surface area (Å²) in [6.07, 6.45) is 0.630. The number of ether oxygens (including phenoxy) is 1. The molecule has 118 valence electrons. The molecule has 2 unspecified atom stereocenters. The van der Waals surface area contributed by atoms with Gasteiger partial charge < -0.3 is 20.3 Å². The van der Waals surface area contributed by atoms with E-state index in [2.05, 4.69) is 5.32 Å². The minimum Gasteiger partial charge on any atom is -0.494 e. The molecule has 1 rings (SSSR count). The van der Waals surface area contributed by atoms with Gasteiger partial charge in [-0.25, -0.2) is 0 Å². The number of hydrogen-bond acceptors (Lipinski definition) is 4. The number of benzene rings is 1. The van der Waals surface area contributed by atoms with Gasteiger partial charge in [0.15, 0.2) is 0 Å². The van der Waals surface area contributed by atoms with E-state index in [1.54, 1.807) is 0 Å². The Morgan fingerprint density at radius 2 is 1.95 bits per heavy atom. The molecule has 0 radical (unpaired) electrons. The van der Waals surface area contributed by atoms with Crippen molar-refractivity contribution in [1.29, 1.82) is 0 Å². The van der Waals surface area contributed by atoms with Crippen LogP contribution in [-0.2, 0) is 4.79 Å². The Kier molecular flexibility index (Phi) is 7.79. The molecule has 0 bridgehead atoms. The number of hydrogen-bond donors (Lipinski definition) is 3. The number of aliphatic hydroxyl groups is 1. The Bertz CT molecular complexity index is 419. The lowest BCUT2D eigenvalue weighted by atomic mass is 9.98. The lowest BCUT2D eigenvalue weighted by Gasteiger charge is -2.24. The van der Waals surface area contributed by atoms with Crippen molar-refractivity contribution in [3.05, 3.63) is 29.8 Å². The van der Waals surface area contributed by atoms with Crippen molar-refractivity contribution in [1.82, 2.24) is 5.32 Å². The minimum atomic E-state index is -0.850. The standard InChI is InChI=1S/C16H25NO4/c1-3-11-17-14(9-10-15(18)19)16(20)12-5-7-13(8-6-12)21-4-2/h5-8,14,16-17,20H,3-4,9-11H2,1-2H3,(H,18,19). The Hall–Kier alpha value is -1.59. The van der Waals surface area contributed by atoms with E-state index >= 15 is 0 Å². The second kappa shape index (κ2) is 9.37. The van der Waals surface area contributed by atoms with Crippen LogP contribution in [0.2, 0.25) is 0 Å². The number of carboxylic acid groups (broad SMARTS) is 1. The maximum Gasteiger partial charge on any atom is 0.303 e. The predicted molar refractivity (Wildman–Crippen MR) is 81.5 cm³/mol. The van der Waals surface area contributed by atoms with Crippen LogP contribution in [-0.4, -0.2) is 35.4 Å². The van der Waals surface area contributed by atoms with Crippen LogP contribution in [0.1, 0.15) is 44.8 Å². The number of nitrogens with one attached hydrogen (secondary N) is 1. The molecule has 1 aromatic carbocycles. The fraction of sp³-hybridized carbons (Fsp3) is 0.562. The summed E-state index contributed by atoms with van der Waals surface area (Å²) < 4.78 is 5.37. The molecule has 0 spiro atoms. The van der Waals surface area contributed by atoms with E-state index in [4.69, 9.17) is 9.84 Å². The highest BCUT2D eigenvalue weighted by Crippen LogP contribution is 2.22. The minimum absolute atomic E-state index is 0.0372. The first-order valence-electron chi connectivity index (χ1n) is 7.44. The summed E-state index contributed by atoms with van der Waals surface area (Å²) in [7, 11) is 0. The number of aliphatic hydroxyl groups excluding tert-OH is 1. The third kappa shape index (κ3) is 6.14. The first-order chi connectivity index (χ1) is 10.1. The second-order valence-corrected chi connectivity index (χ2v) is 4.94. The SMILES string of the molecule is CCCNC(CCC(=O)O)C(O)c1ccc(OCC)cc1. The monoisotopic (exact) mass is 295 g/mol. The molecule has 21 heavy (non-hydrogen) atoms. The van der Waals surface area contributed by atoms with Gasteiger partial charge in [-0.1, -0.05) is 19.1 Å². The number of aliphatic carboxylic acids is 1. The molecule has 0 amide bonds. The van der Waals surface area contributed by atoms with Crippen LogP contribution >= 0.6 is 0 Å². The Morgan fingerprint density at radius 1 is 1.29 bits per heavy atom. The molecule has 5 heteroatoms. The maximum atomic E-state index is 10.7. The van der Waals surface area contributed by atoms with Gasteiger partial charge in [-0.05, 0) is 44.0 Å². The molecule has 0 aliphatic heterocycles. The van der Waals surface area contributed by atoms with Gasteiger partial charge in [-0.3, -0.25) is 4.79 Å². The molecule has 0 heterocycles. The largest absolute Gasteiger partial charge is 0.494 e. The molecule has 1 aromatic rings. The molecule has 5 nitrogen and oxygen atoms in total. The number of carboxylic acids is 1. The topological polar surface area (TPSA) is 78.8 Å². The Labute approximate surface area is 125 Å². The molecule has 3 N–H and O–H groups in total. The van der Waals surface area contributed by atoms with E-state index < -0.39 is 12.1 Å². The van der Waals surface area contributed by atoms with E-state index in [0.717, 1.165) is 24.3 Å². The third-order valence-electron chi connectivity index (χ3n) is 3.24. The summed E-state index contributed by atoms with van der Waals surface area (Å²) in [6.45, 7) is 5.30. The van der Waals surface area contributed by atoms with E-state index in [9.17, 15) is 9.90 Å². The van der Waals surface area contributed by atoms with Gasteiger partial charge in [0, 0.05) is 12.5 Å². The number of carbonyl (C=O) groups is 1. The zero-order valence-electron chi connectivity index (χ0n) is 12.7. The lowest BCUT2D eigenvalue weighted by Crippen LogP contribution is -2.36. The summed E-state index contributed by atoms with van der Waals surface area (Å²) in [5, 5.41) is 22.5. The average Bonchev–Trinajstić information content (AvgIpc) is 2.47. The zero-order chi connectivity index (χ0) is 15.7.